The first-order valence-corrected chi connectivity index (χ1v) is 4.68. The maximum Gasteiger partial charge on any atom is 0.255 e. The minimum Gasteiger partial charge on any atom is -0.347 e. The molecule has 0 aromatic carbocycles. The fraction of sp³-hybridized carbons (Fsp3) is 0.556. The molecule has 2 N–H and O–H groups in total. The number of amides is 1. The number of hydrogen-bond donors (Lipinski definition) is 2. The molecule has 1 amide bonds. The average Bonchev–Trinajstić information content (AvgIpc) is 2.41. The number of aryl methyl sites for hydroxylation is 1. The van der Waals surface area contributed by atoms with Crippen LogP contribution in [0.5, 0.6) is 0 Å². The van der Waals surface area contributed by atoms with Crippen LogP contribution in [0.15, 0.2) is 6.20 Å². The van der Waals surface area contributed by atoms with Crippen LogP contribution in [0.2, 0.25) is 0 Å². The molecule has 2 heterocycles. The molecule has 1 aliphatic rings. The topological polar surface area (TPSA) is 59.0 Å². The molecule has 0 unspecified atom stereocenters. The highest BCUT2D eigenvalue weighted by molar-refractivity contribution is 5.95. The summed E-state index contributed by atoms with van der Waals surface area (Å²) in [7, 11) is 1.83. The van der Waals surface area contributed by atoms with Gasteiger partial charge in [0.05, 0.1) is 17.8 Å². The van der Waals surface area contributed by atoms with E-state index in [2.05, 4.69) is 15.7 Å². The summed E-state index contributed by atoms with van der Waals surface area (Å²) in [6, 6.07) is 0.280. The van der Waals surface area contributed by atoms with Gasteiger partial charge < -0.3 is 10.6 Å². The molecule has 1 aliphatic heterocycles. The Kier molecular flexibility index (Phi) is 2.25. The number of carbonyl (C=O) groups is 1. The zero-order chi connectivity index (χ0) is 10.1. The lowest BCUT2D eigenvalue weighted by Crippen LogP contribution is -2.56. The first-order chi connectivity index (χ1) is 6.68. The summed E-state index contributed by atoms with van der Waals surface area (Å²) in [5, 5.41) is 10.1. The molecule has 5 nitrogen and oxygen atoms in total. The Bertz CT molecular complexity index is 354. The molecule has 0 spiro atoms. The first-order valence-electron chi connectivity index (χ1n) is 4.68. The summed E-state index contributed by atoms with van der Waals surface area (Å²) in [5.41, 5.74) is 1.56. The molecule has 0 aliphatic carbocycles. The van der Waals surface area contributed by atoms with Gasteiger partial charge in [-0.2, -0.15) is 5.10 Å². The van der Waals surface area contributed by atoms with Crippen molar-refractivity contribution in [1.29, 1.82) is 0 Å². The third-order valence-electron chi connectivity index (χ3n) is 2.60. The molecule has 0 bridgehead atoms. The van der Waals surface area contributed by atoms with E-state index in [-0.39, 0.29) is 11.9 Å². The van der Waals surface area contributed by atoms with Crippen LogP contribution in [-0.4, -0.2) is 34.8 Å². The van der Waals surface area contributed by atoms with E-state index in [0.717, 1.165) is 18.8 Å². The van der Waals surface area contributed by atoms with Gasteiger partial charge in [0.1, 0.15) is 0 Å². The number of hydrogen-bond acceptors (Lipinski definition) is 3. The van der Waals surface area contributed by atoms with Gasteiger partial charge in [-0.3, -0.25) is 9.48 Å². The van der Waals surface area contributed by atoms with Crippen LogP contribution in [0, 0.1) is 6.92 Å². The van der Waals surface area contributed by atoms with E-state index in [1.807, 2.05) is 14.0 Å². The van der Waals surface area contributed by atoms with E-state index in [9.17, 15) is 4.79 Å². The average molecular weight is 194 g/mol. The van der Waals surface area contributed by atoms with Gasteiger partial charge in [-0.1, -0.05) is 0 Å². The molecule has 0 saturated carbocycles. The summed E-state index contributed by atoms with van der Waals surface area (Å²) in [6.07, 6.45) is 1.61. The van der Waals surface area contributed by atoms with Crippen LogP contribution < -0.4 is 10.6 Å². The lowest BCUT2D eigenvalue weighted by molar-refractivity contribution is 0.0923. The molecule has 5 heteroatoms. The molecule has 1 aromatic heterocycles. The van der Waals surface area contributed by atoms with E-state index in [4.69, 9.17) is 0 Å². The molecule has 1 saturated heterocycles. The van der Waals surface area contributed by atoms with E-state index >= 15 is 0 Å². The number of carbonyl (C=O) groups excluding carboxylic acids is 1. The summed E-state index contributed by atoms with van der Waals surface area (Å²) in [4.78, 5) is 11.7. The van der Waals surface area contributed by atoms with Crippen LogP contribution in [0.1, 0.15) is 16.1 Å². The second-order valence-corrected chi connectivity index (χ2v) is 3.60. The van der Waals surface area contributed by atoms with Crippen LogP contribution in [0.3, 0.4) is 0 Å². The summed E-state index contributed by atoms with van der Waals surface area (Å²) in [6.45, 7) is 3.62. The van der Waals surface area contributed by atoms with E-state index in [0.29, 0.717) is 5.56 Å². The highest BCUT2D eigenvalue weighted by Gasteiger charge is 2.21. The van der Waals surface area contributed by atoms with E-state index < -0.39 is 0 Å². The van der Waals surface area contributed by atoms with Gasteiger partial charge in [0.15, 0.2) is 0 Å². The SMILES string of the molecule is Cc1c(C(=O)NC2CNC2)cnn1C. The quantitative estimate of drug-likeness (QED) is 0.663. The van der Waals surface area contributed by atoms with Crippen molar-refractivity contribution in [2.45, 2.75) is 13.0 Å². The van der Waals surface area contributed by atoms with Crippen molar-refractivity contribution in [3.8, 4) is 0 Å². The standard InChI is InChI=1S/C9H14N4O/c1-6-8(5-11-13(6)2)9(14)12-7-3-10-4-7/h5,7,10H,3-4H2,1-2H3,(H,12,14). The lowest BCUT2D eigenvalue weighted by Gasteiger charge is -2.27. The minimum atomic E-state index is -0.0258. The Labute approximate surface area is 82.5 Å². The molecular formula is C9H14N4O. The summed E-state index contributed by atoms with van der Waals surface area (Å²) in [5.74, 6) is -0.0258. The molecule has 0 radical (unpaired) electrons. The van der Waals surface area contributed by atoms with Crippen LogP contribution >= 0.6 is 0 Å². The van der Waals surface area contributed by atoms with Crippen molar-refractivity contribution in [1.82, 2.24) is 20.4 Å². The monoisotopic (exact) mass is 194 g/mol. The second-order valence-electron chi connectivity index (χ2n) is 3.60. The maximum absolute atomic E-state index is 11.7. The van der Waals surface area contributed by atoms with E-state index in [1.165, 1.54) is 0 Å². The van der Waals surface area contributed by atoms with Crippen molar-refractivity contribution in [3.05, 3.63) is 17.5 Å². The van der Waals surface area contributed by atoms with Gasteiger partial charge in [0.2, 0.25) is 0 Å². The minimum absolute atomic E-state index is 0.0258. The van der Waals surface area contributed by atoms with Gasteiger partial charge in [0, 0.05) is 25.8 Å². The predicted octanol–water partition coefficient (Wildman–Crippen LogP) is -0.570. The molecule has 2 rings (SSSR count). The zero-order valence-electron chi connectivity index (χ0n) is 8.37. The fourth-order valence-electron chi connectivity index (χ4n) is 1.38. The number of rotatable bonds is 2. The molecular weight excluding hydrogens is 180 g/mol. The molecule has 1 fully saturated rings. The summed E-state index contributed by atoms with van der Waals surface area (Å²) >= 11 is 0. The smallest absolute Gasteiger partial charge is 0.255 e. The van der Waals surface area contributed by atoms with Crippen molar-refractivity contribution in [2.24, 2.45) is 7.05 Å². The Morgan fingerprint density at radius 2 is 2.43 bits per heavy atom. The van der Waals surface area contributed by atoms with Crippen LogP contribution in [-0.2, 0) is 7.05 Å². The normalized spacial score (nSPS) is 16.4. The number of aromatic nitrogens is 2. The lowest BCUT2D eigenvalue weighted by atomic mass is 10.1. The van der Waals surface area contributed by atoms with E-state index in [1.54, 1.807) is 10.9 Å². The molecule has 0 atom stereocenters. The third kappa shape index (κ3) is 1.50. The van der Waals surface area contributed by atoms with Gasteiger partial charge in [0.25, 0.3) is 5.91 Å². The van der Waals surface area contributed by atoms with Gasteiger partial charge in [-0.25, -0.2) is 0 Å². The zero-order valence-corrected chi connectivity index (χ0v) is 8.37. The Morgan fingerprint density at radius 1 is 1.71 bits per heavy atom. The number of nitrogens with one attached hydrogen (secondary N) is 2. The fourth-order valence-corrected chi connectivity index (χ4v) is 1.38. The first kappa shape index (κ1) is 9.21. The van der Waals surface area contributed by atoms with Crippen molar-refractivity contribution in [2.75, 3.05) is 13.1 Å². The Morgan fingerprint density at radius 3 is 2.86 bits per heavy atom. The third-order valence-corrected chi connectivity index (χ3v) is 2.60. The second kappa shape index (κ2) is 3.42. The highest BCUT2D eigenvalue weighted by atomic mass is 16.1. The van der Waals surface area contributed by atoms with Gasteiger partial charge >= 0.3 is 0 Å². The highest BCUT2D eigenvalue weighted by Crippen LogP contribution is 2.06. The largest absolute Gasteiger partial charge is 0.347 e. The van der Waals surface area contributed by atoms with Crippen molar-refractivity contribution >= 4 is 5.91 Å². The van der Waals surface area contributed by atoms with Crippen LogP contribution in [0.25, 0.3) is 0 Å². The molecule has 1 aromatic rings. The van der Waals surface area contributed by atoms with Gasteiger partial charge in [-0.15, -0.1) is 0 Å². The van der Waals surface area contributed by atoms with Gasteiger partial charge in [-0.05, 0) is 6.92 Å². The van der Waals surface area contributed by atoms with Crippen molar-refractivity contribution in [3.63, 3.8) is 0 Å². The predicted molar refractivity (Wildman–Crippen MR) is 52.1 cm³/mol. The van der Waals surface area contributed by atoms with Crippen molar-refractivity contribution < 1.29 is 4.79 Å². The summed E-state index contributed by atoms with van der Waals surface area (Å²) < 4.78 is 1.70. The molecule has 76 valence electrons. The maximum atomic E-state index is 11.7. The Hall–Kier alpha value is -1.36. The van der Waals surface area contributed by atoms with Crippen LogP contribution in [0.4, 0.5) is 0 Å². The Balaban J connectivity index is 2.06. The molecule has 14 heavy (non-hydrogen) atoms. The number of nitrogens with zero attached hydrogens (tertiary/aromatic N) is 2.